The van der Waals surface area contributed by atoms with Gasteiger partial charge in [0.15, 0.2) is 0 Å². The molecule has 2 aliphatic heterocycles. The Bertz CT molecular complexity index is 2530. The predicted molar refractivity (Wildman–Crippen MR) is 223 cm³/mol. The van der Waals surface area contributed by atoms with Gasteiger partial charge < -0.3 is 14.0 Å². The van der Waals surface area contributed by atoms with E-state index < -0.39 is 0 Å². The maximum atomic E-state index is 6.90. The number of para-hydroxylation sites is 4. The third-order valence-corrected chi connectivity index (χ3v) is 14.4. The Morgan fingerprint density at radius 2 is 0.944 bits per heavy atom. The van der Waals surface area contributed by atoms with Gasteiger partial charge in [0, 0.05) is 21.8 Å². The summed E-state index contributed by atoms with van der Waals surface area (Å²) >= 11 is 0. The molecule has 0 bridgehead atoms. The number of rotatable bonds is 2. The molecule has 54 heavy (non-hydrogen) atoms. The van der Waals surface area contributed by atoms with Crippen molar-refractivity contribution in [1.29, 1.82) is 0 Å². The summed E-state index contributed by atoms with van der Waals surface area (Å²) in [6.45, 7) is 0.0657. The van der Waals surface area contributed by atoms with E-state index in [1.165, 1.54) is 121 Å². The molecule has 3 heterocycles. The number of nitrogens with zero attached hydrogens (tertiary/aromatic N) is 1. The van der Waals surface area contributed by atoms with E-state index in [-0.39, 0.29) is 17.5 Å². The van der Waals surface area contributed by atoms with Crippen molar-refractivity contribution in [2.45, 2.75) is 87.9 Å². The van der Waals surface area contributed by atoms with Crippen molar-refractivity contribution in [3.63, 3.8) is 0 Å². The summed E-state index contributed by atoms with van der Waals surface area (Å²) in [5.74, 6) is 3.68. The molecule has 2 saturated carbocycles. The molecule has 0 radical (unpaired) electrons. The Morgan fingerprint density at radius 1 is 0.463 bits per heavy atom. The van der Waals surface area contributed by atoms with Crippen molar-refractivity contribution in [3.8, 4) is 39.8 Å². The maximum Gasteiger partial charge on any atom is 0.260 e. The molecule has 3 nitrogen and oxygen atoms in total. The Labute approximate surface area is 318 Å². The molecule has 2 fully saturated rings. The number of ether oxygens (including phenoxy) is 2. The second-order valence-corrected chi connectivity index (χ2v) is 17.1. The fourth-order valence-electron chi connectivity index (χ4n) is 11.9. The highest BCUT2D eigenvalue weighted by Gasteiger charge is 2.48. The molecule has 5 aliphatic rings. The van der Waals surface area contributed by atoms with Gasteiger partial charge in [-0.2, -0.15) is 0 Å². The molecule has 0 N–H and O–H groups in total. The van der Waals surface area contributed by atoms with Crippen molar-refractivity contribution in [3.05, 3.63) is 132 Å². The van der Waals surface area contributed by atoms with Crippen LogP contribution in [0, 0.1) is 0 Å². The van der Waals surface area contributed by atoms with Gasteiger partial charge in [-0.15, -0.1) is 0 Å². The Kier molecular flexibility index (Phi) is 6.72. The zero-order valence-corrected chi connectivity index (χ0v) is 30.9. The van der Waals surface area contributed by atoms with E-state index in [1.54, 1.807) is 11.1 Å². The van der Waals surface area contributed by atoms with Crippen LogP contribution in [0.5, 0.6) is 23.0 Å². The van der Waals surface area contributed by atoms with Gasteiger partial charge in [0.1, 0.15) is 23.0 Å². The number of benzene rings is 6. The highest BCUT2D eigenvalue weighted by molar-refractivity contribution is 6.98. The van der Waals surface area contributed by atoms with Gasteiger partial charge in [0.2, 0.25) is 0 Å². The fraction of sp³-hybridized carbons (Fsp3) is 0.280. The molecular weight excluding hydrogens is 657 g/mol. The zero-order chi connectivity index (χ0) is 35.4. The first-order chi connectivity index (χ1) is 26.7. The second-order valence-electron chi connectivity index (χ2n) is 17.1. The average molecular weight is 702 g/mol. The van der Waals surface area contributed by atoms with Gasteiger partial charge >= 0.3 is 0 Å². The highest BCUT2D eigenvalue weighted by Crippen LogP contribution is 2.58. The lowest BCUT2D eigenvalue weighted by atomic mass is 9.35. The van der Waals surface area contributed by atoms with E-state index in [9.17, 15) is 0 Å². The molecule has 12 rings (SSSR count). The van der Waals surface area contributed by atoms with Crippen LogP contribution in [0.4, 0.5) is 0 Å². The van der Waals surface area contributed by atoms with Crippen LogP contribution in [0.3, 0.4) is 0 Å². The maximum absolute atomic E-state index is 6.90. The predicted octanol–water partition coefficient (Wildman–Crippen LogP) is 11.4. The van der Waals surface area contributed by atoms with Gasteiger partial charge in [-0.25, -0.2) is 0 Å². The van der Waals surface area contributed by atoms with E-state index >= 15 is 0 Å². The molecule has 1 aromatic heterocycles. The van der Waals surface area contributed by atoms with Gasteiger partial charge in [-0.1, -0.05) is 111 Å². The first-order valence-corrected chi connectivity index (χ1v) is 20.6. The number of hydrogen-bond acceptors (Lipinski definition) is 2. The lowest BCUT2D eigenvalue weighted by Crippen LogP contribution is -2.57. The van der Waals surface area contributed by atoms with Crippen molar-refractivity contribution in [2.24, 2.45) is 0 Å². The summed E-state index contributed by atoms with van der Waals surface area (Å²) in [4.78, 5) is 0. The second kappa shape index (κ2) is 11.6. The Morgan fingerprint density at radius 3 is 1.50 bits per heavy atom. The molecule has 7 aromatic rings. The molecule has 2 spiro atoms. The normalized spacial score (nSPS) is 18.8. The average Bonchev–Trinajstić information content (AvgIpc) is 3.57. The smallest absolute Gasteiger partial charge is 0.260 e. The SMILES string of the molecule is c1ccc2c(c1)Oc1cc(-c3cc4c(cc3-n3c5ccccc5c5ccccc53)C3(CCCCC3)CCC43CCCCC3)cc3c1B2c1ccccc1O3. The zero-order valence-electron chi connectivity index (χ0n) is 30.9. The minimum absolute atomic E-state index is 0.0657. The molecule has 0 saturated heterocycles. The summed E-state index contributed by atoms with van der Waals surface area (Å²) in [6.07, 6.45) is 16.0. The largest absolute Gasteiger partial charge is 0.458 e. The monoisotopic (exact) mass is 701 g/mol. The quantitative estimate of drug-likeness (QED) is 0.168. The first-order valence-electron chi connectivity index (χ1n) is 20.6. The van der Waals surface area contributed by atoms with Gasteiger partial charge in [0.25, 0.3) is 6.71 Å². The third kappa shape index (κ3) is 4.37. The topological polar surface area (TPSA) is 23.4 Å². The number of fused-ring (bicyclic) bond motifs is 10. The van der Waals surface area contributed by atoms with Crippen LogP contribution < -0.4 is 25.9 Å². The van der Waals surface area contributed by atoms with Crippen LogP contribution in [0.25, 0.3) is 38.6 Å². The minimum atomic E-state index is 0.0657. The molecule has 0 atom stereocenters. The number of hydrogen-bond donors (Lipinski definition) is 0. The van der Waals surface area contributed by atoms with E-state index in [0.29, 0.717) is 0 Å². The van der Waals surface area contributed by atoms with E-state index in [0.717, 1.165) is 34.0 Å². The van der Waals surface area contributed by atoms with Crippen LogP contribution in [0.2, 0.25) is 0 Å². The van der Waals surface area contributed by atoms with Crippen molar-refractivity contribution in [2.75, 3.05) is 0 Å². The van der Waals surface area contributed by atoms with Crippen LogP contribution >= 0.6 is 0 Å². The highest BCUT2D eigenvalue weighted by atomic mass is 16.5. The van der Waals surface area contributed by atoms with Gasteiger partial charge in [-0.05, 0) is 126 Å². The Balaban J connectivity index is 1.17. The number of aromatic nitrogens is 1. The minimum Gasteiger partial charge on any atom is -0.458 e. The van der Waals surface area contributed by atoms with E-state index in [1.807, 2.05) is 0 Å². The van der Waals surface area contributed by atoms with Crippen LogP contribution in [0.15, 0.2) is 121 Å². The summed E-state index contributed by atoms with van der Waals surface area (Å²) < 4.78 is 16.4. The summed E-state index contributed by atoms with van der Waals surface area (Å²) in [5, 5.41) is 2.60. The third-order valence-electron chi connectivity index (χ3n) is 14.4. The lowest BCUT2D eigenvalue weighted by molar-refractivity contribution is 0.175. The van der Waals surface area contributed by atoms with Crippen LogP contribution in [-0.2, 0) is 10.8 Å². The summed E-state index contributed by atoms with van der Waals surface area (Å²) in [6, 6.07) is 45.2. The summed E-state index contributed by atoms with van der Waals surface area (Å²) in [7, 11) is 0. The molecule has 3 aliphatic carbocycles. The van der Waals surface area contributed by atoms with Crippen molar-refractivity contribution < 1.29 is 9.47 Å². The summed E-state index contributed by atoms with van der Waals surface area (Å²) in [5.41, 5.74) is 13.6. The molecule has 264 valence electrons. The fourth-order valence-corrected chi connectivity index (χ4v) is 11.9. The molecular formula is C50H44BNO2. The van der Waals surface area contributed by atoms with Crippen LogP contribution in [0.1, 0.15) is 88.2 Å². The van der Waals surface area contributed by atoms with Crippen molar-refractivity contribution >= 4 is 44.9 Å². The van der Waals surface area contributed by atoms with Gasteiger partial charge in [0.05, 0.1) is 16.7 Å². The molecule has 4 heteroatoms. The van der Waals surface area contributed by atoms with Crippen LogP contribution in [-0.4, -0.2) is 11.3 Å². The molecule has 0 unspecified atom stereocenters. The molecule has 6 aromatic carbocycles. The van der Waals surface area contributed by atoms with Gasteiger partial charge in [-0.3, -0.25) is 0 Å². The standard InChI is InChI=1S/C50H44BNO2/c1-11-23-49(24-12-1)27-28-50(25-13-2-14-26-50)38-32-43(52-41-19-7-3-15-34(41)35-16-4-8-20-42(35)52)36(31-37(38)49)33-29-46-48-47(30-33)54-45-22-10-6-18-40(45)51(48)39-17-5-9-21-44(39)53-46/h3-10,15-22,29-32H,1-2,11-14,23-28H2. The lowest BCUT2D eigenvalue weighted by Gasteiger charge is -2.52. The first kappa shape index (κ1) is 31.2. The van der Waals surface area contributed by atoms with E-state index in [4.69, 9.17) is 9.47 Å². The Hall–Kier alpha value is -5.22. The van der Waals surface area contributed by atoms with Crippen molar-refractivity contribution in [1.82, 2.24) is 4.57 Å². The van der Waals surface area contributed by atoms with E-state index in [2.05, 4.69) is 126 Å². The molecule has 0 amide bonds.